The van der Waals surface area contributed by atoms with Gasteiger partial charge in [0.05, 0.1) is 12.0 Å². The minimum absolute atomic E-state index is 0.0689. The largest absolute Gasteiger partial charge is 0.464 e. The second kappa shape index (κ2) is 7.35. The highest BCUT2D eigenvalue weighted by Gasteiger charge is 2.25. The molecule has 0 saturated carbocycles. The van der Waals surface area contributed by atoms with Crippen molar-refractivity contribution in [1.82, 2.24) is 20.3 Å². The molecule has 144 valence electrons. The minimum Gasteiger partial charge on any atom is -0.464 e. The quantitative estimate of drug-likeness (QED) is 0.580. The fourth-order valence-corrected chi connectivity index (χ4v) is 3.73. The molecule has 7 heteroatoms. The van der Waals surface area contributed by atoms with Crippen LogP contribution in [-0.4, -0.2) is 40.0 Å². The number of pyridine rings is 1. The van der Waals surface area contributed by atoms with Gasteiger partial charge in [0.15, 0.2) is 0 Å². The zero-order valence-corrected chi connectivity index (χ0v) is 15.7. The van der Waals surface area contributed by atoms with Crippen molar-refractivity contribution in [3.8, 4) is 11.3 Å². The lowest BCUT2D eigenvalue weighted by molar-refractivity contribution is 0.0940. The number of anilines is 1. The smallest absolute Gasteiger partial charge is 0.251 e. The third kappa shape index (κ3) is 3.42. The maximum absolute atomic E-state index is 12.7. The molecule has 1 unspecified atom stereocenters. The van der Waals surface area contributed by atoms with Gasteiger partial charge in [-0.1, -0.05) is 12.1 Å². The summed E-state index contributed by atoms with van der Waals surface area (Å²) in [6.45, 7) is 1.61. The van der Waals surface area contributed by atoms with E-state index in [1.807, 2.05) is 42.5 Å². The average Bonchev–Trinajstić information content (AvgIpc) is 3.44. The van der Waals surface area contributed by atoms with Gasteiger partial charge in [0, 0.05) is 48.0 Å². The van der Waals surface area contributed by atoms with Crippen LogP contribution in [0.3, 0.4) is 0 Å². The van der Waals surface area contributed by atoms with Crippen LogP contribution in [0.1, 0.15) is 16.8 Å². The van der Waals surface area contributed by atoms with Gasteiger partial charge < -0.3 is 14.6 Å². The molecule has 1 atom stereocenters. The van der Waals surface area contributed by atoms with Crippen molar-refractivity contribution in [3.63, 3.8) is 0 Å². The van der Waals surface area contributed by atoms with Crippen molar-refractivity contribution in [1.29, 1.82) is 0 Å². The number of amides is 1. The molecule has 0 aliphatic carbocycles. The third-order valence-electron chi connectivity index (χ3n) is 5.21. The first-order valence-electron chi connectivity index (χ1n) is 9.52. The Morgan fingerprint density at radius 3 is 2.79 bits per heavy atom. The van der Waals surface area contributed by atoms with Crippen LogP contribution < -0.4 is 10.2 Å². The Kier molecular flexibility index (Phi) is 4.40. The molecule has 0 bridgehead atoms. The van der Waals surface area contributed by atoms with Gasteiger partial charge in [-0.25, -0.2) is 9.97 Å². The summed E-state index contributed by atoms with van der Waals surface area (Å²) in [7, 11) is 0. The zero-order chi connectivity index (χ0) is 19.6. The van der Waals surface area contributed by atoms with E-state index in [9.17, 15) is 4.79 Å². The molecule has 3 aromatic heterocycles. The van der Waals surface area contributed by atoms with Crippen LogP contribution in [-0.2, 0) is 0 Å². The summed E-state index contributed by atoms with van der Waals surface area (Å²) < 4.78 is 5.44. The molecule has 0 radical (unpaired) electrons. The number of hydrogen-bond acceptors (Lipinski definition) is 6. The monoisotopic (exact) mass is 385 g/mol. The number of hydrogen-bond donors (Lipinski definition) is 1. The topological polar surface area (TPSA) is 84.2 Å². The number of nitrogens with one attached hydrogen (secondary N) is 1. The van der Waals surface area contributed by atoms with Crippen LogP contribution >= 0.6 is 0 Å². The fraction of sp³-hybridized carbons (Fsp3) is 0.182. The number of benzene rings is 1. The van der Waals surface area contributed by atoms with Crippen molar-refractivity contribution >= 4 is 22.7 Å². The Bertz CT molecular complexity index is 1140. The number of furan rings is 1. The highest BCUT2D eigenvalue weighted by atomic mass is 16.3. The number of carbonyl (C=O) groups excluding carboxylic acids is 1. The Hall–Kier alpha value is -3.74. The first-order chi connectivity index (χ1) is 14.3. The number of nitrogens with zero attached hydrogens (tertiary/aromatic N) is 4. The van der Waals surface area contributed by atoms with Crippen molar-refractivity contribution in [2.45, 2.75) is 12.5 Å². The van der Waals surface area contributed by atoms with E-state index < -0.39 is 0 Å². The van der Waals surface area contributed by atoms with Gasteiger partial charge in [-0.05, 0) is 36.8 Å². The maximum atomic E-state index is 12.7. The molecular formula is C22H19N5O2. The molecule has 1 fully saturated rings. The van der Waals surface area contributed by atoms with Crippen molar-refractivity contribution < 1.29 is 9.21 Å². The molecule has 4 aromatic rings. The lowest BCUT2D eigenvalue weighted by Gasteiger charge is -2.17. The molecule has 1 aromatic carbocycles. The summed E-state index contributed by atoms with van der Waals surface area (Å²) >= 11 is 0. The van der Waals surface area contributed by atoms with Gasteiger partial charge in [-0.2, -0.15) is 0 Å². The molecule has 5 rings (SSSR count). The van der Waals surface area contributed by atoms with E-state index in [0.29, 0.717) is 5.56 Å². The molecule has 0 spiro atoms. The Morgan fingerprint density at radius 1 is 1.07 bits per heavy atom. The normalized spacial score (nSPS) is 16.3. The van der Waals surface area contributed by atoms with Crippen molar-refractivity contribution in [2.24, 2.45) is 0 Å². The summed E-state index contributed by atoms with van der Waals surface area (Å²) in [4.78, 5) is 27.5. The van der Waals surface area contributed by atoms with Crippen LogP contribution in [0, 0.1) is 0 Å². The number of aromatic nitrogens is 3. The molecule has 1 aliphatic rings. The average molecular weight is 385 g/mol. The van der Waals surface area contributed by atoms with Crippen LogP contribution in [0.15, 0.2) is 71.9 Å². The van der Waals surface area contributed by atoms with E-state index in [2.05, 4.69) is 25.2 Å². The van der Waals surface area contributed by atoms with E-state index >= 15 is 0 Å². The van der Waals surface area contributed by atoms with Gasteiger partial charge >= 0.3 is 0 Å². The van der Waals surface area contributed by atoms with Gasteiger partial charge in [-0.15, -0.1) is 0 Å². The van der Waals surface area contributed by atoms with E-state index in [-0.39, 0.29) is 11.9 Å². The lowest BCUT2D eigenvalue weighted by atomic mass is 10.1. The molecule has 1 saturated heterocycles. The highest BCUT2D eigenvalue weighted by Crippen LogP contribution is 2.27. The van der Waals surface area contributed by atoms with Crippen molar-refractivity contribution in [2.75, 3.05) is 18.0 Å². The Morgan fingerprint density at radius 2 is 1.97 bits per heavy atom. The standard InChI is InChI=1S/C22H19N5O2/c28-22(26-17-7-11-27(13-17)20-6-9-23-14-25-20)16-3-1-15(2-4-16)21-18-8-12-29-19(18)5-10-24-21/h1-6,8-10,12,14,17H,7,11,13H2,(H,26,28). The molecule has 29 heavy (non-hydrogen) atoms. The van der Waals surface area contributed by atoms with E-state index in [1.165, 1.54) is 0 Å². The molecular weight excluding hydrogens is 366 g/mol. The minimum atomic E-state index is -0.0689. The predicted molar refractivity (Wildman–Crippen MR) is 110 cm³/mol. The number of fused-ring (bicyclic) bond motifs is 1. The summed E-state index contributed by atoms with van der Waals surface area (Å²) in [6, 6.07) is 13.2. The predicted octanol–water partition coefficient (Wildman–Crippen LogP) is 3.29. The highest BCUT2D eigenvalue weighted by molar-refractivity contribution is 5.96. The number of carbonyl (C=O) groups is 1. The molecule has 1 aliphatic heterocycles. The molecule has 7 nitrogen and oxygen atoms in total. The molecule has 1 N–H and O–H groups in total. The van der Waals surface area contributed by atoms with Crippen LogP contribution in [0.25, 0.3) is 22.2 Å². The first-order valence-corrected chi connectivity index (χ1v) is 9.52. The summed E-state index contributed by atoms with van der Waals surface area (Å²) in [5, 5.41) is 4.08. The fourth-order valence-electron chi connectivity index (χ4n) is 3.73. The van der Waals surface area contributed by atoms with Crippen LogP contribution in [0.2, 0.25) is 0 Å². The first kappa shape index (κ1) is 17.4. The lowest BCUT2D eigenvalue weighted by Crippen LogP contribution is -2.37. The maximum Gasteiger partial charge on any atom is 0.251 e. The summed E-state index contributed by atoms with van der Waals surface area (Å²) in [5.74, 6) is 0.822. The zero-order valence-electron chi connectivity index (χ0n) is 15.7. The van der Waals surface area contributed by atoms with Gasteiger partial charge in [0.25, 0.3) is 5.91 Å². The Labute approximate surface area is 167 Å². The number of rotatable bonds is 4. The SMILES string of the molecule is O=C(NC1CCN(c2ccncn2)C1)c1ccc(-c2nccc3occc23)cc1. The van der Waals surface area contributed by atoms with Gasteiger partial charge in [-0.3, -0.25) is 9.78 Å². The van der Waals surface area contributed by atoms with E-state index in [0.717, 1.165) is 47.6 Å². The van der Waals surface area contributed by atoms with Gasteiger partial charge in [0.1, 0.15) is 17.7 Å². The van der Waals surface area contributed by atoms with Crippen molar-refractivity contribution in [3.05, 3.63) is 73.0 Å². The Balaban J connectivity index is 1.27. The van der Waals surface area contributed by atoms with Crippen LogP contribution in [0.4, 0.5) is 5.82 Å². The van der Waals surface area contributed by atoms with E-state index in [4.69, 9.17) is 4.42 Å². The third-order valence-corrected chi connectivity index (χ3v) is 5.21. The van der Waals surface area contributed by atoms with Gasteiger partial charge in [0.2, 0.25) is 0 Å². The molecule has 1 amide bonds. The van der Waals surface area contributed by atoms with Crippen LogP contribution in [0.5, 0.6) is 0 Å². The summed E-state index contributed by atoms with van der Waals surface area (Å²) in [5.41, 5.74) is 3.23. The van der Waals surface area contributed by atoms with E-state index in [1.54, 1.807) is 25.0 Å². The molecule has 4 heterocycles. The second-order valence-electron chi connectivity index (χ2n) is 7.04. The summed E-state index contributed by atoms with van der Waals surface area (Å²) in [6.07, 6.45) is 7.55. The second-order valence-corrected chi connectivity index (χ2v) is 7.04.